The van der Waals surface area contributed by atoms with Crippen molar-refractivity contribution in [1.82, 2.24) is 15.5 Å². The summed E-state index contributed by atoms with van der Waals surface area (Å²) in [6, 6.07) is 3.65. The molecular weight excluding hydrogens is 244 g/mol. The highest BCUT2D eigenvalue weighted by atomic mass is 32.1. The number of hydrogen-bond acceptors (Lipinski definition) is 6. The van der Waals surface area contributed by atoms with Crippen LogP contribution in [0.5, 0.6) is 0 Å². The predicted molar refractivity (Wildman–Crippen MR) is 64.7 cm³/mol. The first kappa shape index (κ1) is 11.0. The molecule has 0 saturated heterocycles. The van der Waals surface area contributed by atoms with Gasteiger partial charge in [-0.15, -0.1) is 21.5 Å². The molecule has 0 aliphatic heterocycles. The van der Waals surface area contributed by atoms with Gasteiger partial charge in [0.15, 0.2) is 0 Å². The van der Waals surface area contributed by atoms with Crippen molar-refractivity contribution >= 4 is 33.7 Å². The Morgan fingerprint density at radius 1 is 1.50 bits per heavy atom. The monoisotopic (exact) mass is 254 g/mol. The quantitative estimate of drug-likeness (QED) is 0.857. The highest BCUT2D eigenvalue weighted by molar-refractivity contribution is 7.15. The van der Waals surface area contributed by atoms with Crippen LogP contribution < -0.4 is 11.1 Å². The van der Waals surface area contributed by atoms with E-state index in [0.717, 1.165) is 9.88 Å². The number of nitrogens with one attached hydrogen (secondary N) is 1. The van der Waals surface area contributed by atoms with E-state index in [4.69, 9.17) is 5.73 Å². The summed E-state index contributed by atoms with van der Waals surface area (Å²) in [6.45, 7) is 0.547. The molecule has 2 heterocycles. The normalized spacial score (nSPS) is 10.2. The molecule has 1 amide bonds. The molecule has 3 N–H and O–H groups in total. The number of nitrogens with zero attached hydrogens (tertiary/aromatic N) is 2. The van der Waals surface area contributed by atoms with Gasteiger partial charge in [0, 0.05) is 13.0 Å². The fourth-order valence-electron chi connectivity index (χ4n) is 1.15. The van der Waals surface area contributed by atoms with Gasteiger partial charge in [0.2, 0.25) is 5.13 Å². The van der Waals surface area contributed by atoms with E-state index in [1.54, 1.807) is 6.07 Å². The summed E-state index contributed by atoms with van der Waals surface area (Å²) in [6.07, 6.45) is 0.659. The van der Waals surface area contributed by atoms with Crippen LogP contribution in [0.15, 0.2) is 17.5 Å². The van der Waals surface area contributed by atoms with Gasteiger partial charge in [0.25, 0.3) is 5.91 Å². The van der Waals surface area contributed by atoms with E-state index in [-0.39, 0.29) is 5.91 Å². The van der Waals surface area contributed by atoms with Crippen molar-refractivity contribution in [2.75, 3.05) is 12.3 Å². The van der Waals surface area contributed by atoms with Gasteiger partial charge in [-0.2, -0.15) is 0 Å². The summed E-state index contributed by atoms with van der Waals surface area (Å²) in [7, 11) is 0. The van der Waals surface area contributed by atoms with Gasteiger partial charge >= 0.3 is 0 Å². The van der Waals surface area contributed by atoms with Crippen LogP contribution in [0, 0.1) is 0 Å². The summed E-state index contributed by atoms with van der Waals surface area (Å²) >= 11 is 2.77. The molecule has 0 atom stereocenters. The number of aromatic nitrogens is 2. The molecule has 0 spiro atoms. The lowest BCUT2D eigenvalue weighted by Crippen LogP contribution is -2.24. The van der Waals surface area contributed by atoms with E-state index in [1.807, 2.05) is 11.4 Å². The summed E-state index contributed by atoms with van der Waals surface area (Å²) in [5.74, 6) is -0.0486. The Kier molecular flexibility index (Phi) is 3.47. The minimum atomic E-state index is -0.0486. The van der Waals surface area contributed by atoms with Gasteiger partial charge in [-0.1, -0.05) is 17.4 Å². The largest absolute Gasteiger partial charge is 0.374 e. The number of hydrogen-bond donors (Lipinski definition) is 2. The maximum Gasteiger partial charge on any atom is 0.261 e. The molecule has 0 saturated carbocycles. The fraction of sp³-hybridized carbons (Fsp3) is 0.222. The third kappa shape index (κ3) is 2.77. The maximum absolute atomic E-state index is 11.5. The fourth-order valence-corrected chi connectivity index (χ4v) is 2.39. The second-order valence-corrected chi connectivity index (χ2v) is 5.06. The standard InChI is InChI=1S/C9H10N4OS2/c10-9-13-12-7(16-9)3-4-11-8(14)6-2-1-5-15-6/h1-2,5H,3-4H2,(H2,10,13)(H,11,14). The van der Waals surface area contributed by atoms with E-state index in [0.29, 0.717) is 18.1 Å². The Labute approximate surface area is 100 Å². The van der Waals surface area contributed by atoms with Crippen LogP contribution in [-0.2, 0) is 6.42 Å². The molecule has 0 bridgehead atoms. The van der Waals surface area contributed by atoms with Crippen LogP contribution >= 0.6 is 22.7 Å². The van der Waals surface area contributed by atoms with Gasteiger partial charge in [-0.05, 0) is 11.4 Å². The van der Waals surface area contributed by atoms with Crippen molar-refractivity contribution < 1.29 is 4.79 Å². The van der Waals surface area contributed by atoms with Crippen LogP contribution in [0.2, 0.25) is 0 Å². The molecule has 0 unspecified atom stereocenters. The van der Waals surface area contributed by atoms with Crippen molar-refractivity contribution in [3.63, 3.8) is 0 Å². The molecule has 7 heteroatoms. The van der Waals surface area contributed by atoms with Crippen LogP contribution in [0.25, 0.3) is 0 Å². The first-order chi connectivity index (χ1) is 7.75. The number of carbonyl (C=O) groups is 1. The molecule has 0 aliphatic rings. The maximum atomic E-state index is 11.5. The number of nitrogen functional groups attached to an aromatic ring is 1. The number of anilines is 1. The molecular formula is C9H10N4OS2. The average Bonchev–Trinajstić information content (AvgIpc) is 2.89. The van der Waals surface area contributed by atoms with Gasteiger partial charge in [0.05, 0.1) is 4.88 Å². The Hall–Kier alpha value is -1.47. The zero-order valence-electron chi connectivity index (χ0n) is 8.34. The first-order valence-electron chi connectivity index (χ1n) is 4.65. The molecule has 16 heavy (non-hydrogen) atoms. The molecule has 0 radical (unpaired) electrons. The third-order valence-corrected chi connectivity index (χ3v) is 3.53. The molecule has 0 aliphatic carbocycles. The smallest absolute Gasteiger partial charge is 0.261 e. The first-order valence-corrected chi connectivity index (χ1v) is 6.35. The number of thiophene rings is 1. The van der Waals surface area contributed by atoms with E-state index in [9.17, 15) is 4.79 Å². The minimum absolute atomic E-state index is 0.0486. The molecule has 2 aromatic heterocycles. The SMILES string of the molecule is Nc1nnc(CCNC(=O)c2cccs2)s1. The third-order valence-electron chi connectivity index (χ3n) is 1.85. The van der Waals surface area contributed by atoms with Crippen molar-refractivity contribution in [1.29, 1.82) is 0 Å². The summed E-state index contributed by atoms with van der Waals surface area (Å²) in [5, 5.41) is 13.6. The number of rotatable bonds is 4. The zero-order chi connectivity index (χ0) is 11.4. The van der Waals surface area contributed by atoms with Crippen molar-refractivity contribution in [2.45, 2.75) is 6.42 Å². The van der Waals surface area contributed by atoms with Crippen molar-refractivity contribution in [3.05, 3.63) is 27.4 Å². The van der Waals surface area contributed by atoms with E-state index in [2.05, 4.69) is 15.5 Å². The topological polar surface area (TPSA) is 80.9 Å². The summed E-state index contributed by atoms with van der Waals surface area (Å²) < 4.78 is 0. The highest BCUT2D eigenvalue weighted by Crippen LogP contribution is 2.11. The van der Waals surface area contributed by atoms with E-state index >= 15 is 0 Å². The van der Waals surface area contributed by atoms with Gasteiger partial charge in [-0.25, -0.2) is 0 Å². The lowest BCUT2D eigenvalue weighted by molar-refractivity contribution is 0.0958. The lowest BCUT2D eigenvalue weighted by Gasteiger charge is -2.00. The Balaban J connectivity index is 1.78. The van der Waals surface area contributed by atoms with Gasteiger partial charge in [0.1, 0.15) is 5.01 Å². The number of amides is 1. The molecule has 5 nitrogen and oxygen atoms in total. The van der Waals surface area contributed by atoms with Crippen LogP contribution in [-0.4, -0.2) is 22.6 Å². The molecule has 2 rings (SSSR count). The second-order valence-electron chi connectivity index (χ2n) is 3.02. The Morgan fingerprint density at radius 3 is 3.00 bits per heavy atom. The minimum Gasteiger partial charge on any atom is -0.374 e. The molecule has 0 fully saturated rings. The van der Waals surface area contributed by atoms with Crippen LogP contribution in [0.1, 0.15) is 14.7 Å². The predicted octanol–water partition coefficient (Wildman–Crippen LogP) is 1.15. The average molecular weight is 254 g/mol. The van der Waals surface area contributed by atoms with Gasteiger partial charge < -0.3 is 11.1 Å². The molecule has 0 aromatic carbocycles. The Morgan fingerprint density at radius 2 is 2.38 bits per heavy atom. The Bertz CT molecular complexity index is 466. The van der Waals surface area contributed by atoms with Crippen LogP contribution in [0.3, 0.4) is 0 Å². The number of carbonyl (C=O) groups excluding carboxylic acids is 1. The van der Waals surface area contributed by atoms with E-state index in [1.165, 1.54) is 22.7 Å². The van der Waals surface area contributed by atoms with Gasteiger partial charge in [-0.3, -0.25) is 4.79 Å². The molecule has 84 valence electrons. The van der Waals surface area contributed by atoms with E-state index < -0.39 is 0 Å². The zero-order valence-corrected chi connectivity index (χ0v) is 9.98. The number of nitrogens with two attached hydrogens (primary N) is 1. The van der Waals surface area contributed by atoms with Crippen LogP contribution in [0.4, 0.5) is 5.13 Å². The summed E-state index contributed by atoms with van der Waals surface area (Å²) in [5.41, 5.74) is 5.45. The lowest BCUT2D eigenvalue weighted by atomic mass is 10.4. The second kappa shape index (κ2) is 5.04. The molecule has 2 aromatic rings. The van der Waals surface area contributed by atoms with Crippen molar-refractivity contribution in [2.24, 2.45) is 0 Å². The van der Waals surface area contributed by atoms with Crippen molar-refractivity contribution in [3.8, 4) is 0 Å². The highest BCUT2D eigenvalue weighted by Gasteiger charge is 2.06. The summed E-state index contributed by atoms with van der Waals surface area (Å²) in [4.78, 5) is 12.3.